The highest BCUT2D eigenvalue weighted by Gasteiger charge is 2.55. The van der Waals surface area contributed by atoms with Gasteiger partial charge >= 0.3 is 5.97 Å². The molecular formula is C24H32O4. The van der Waals surface area contributed by atoms with Crippen molar-refractivity contribution in [3.05, 3.63) is 54.1 Å². The van der Waals surface area contributed by atoms with Crippen LogP contribution in [0, 0.1) is 0 Å². The van der Waals surface area contributed by atoms with Crippen molar-refractivity contribution in [3.8, 4) is 0 Å². The first kappa shape index (κ1) is 20.8. The van der Waals surface area contributed by atoms with Gasteiger partial charge in [0.1, 0.15) is 17.3 Å². The maximum Gasteiger partial charge on any atom is 0.309 e. The Bertz CT molecular complexity index is 696. The Balaban J connectivity index is 1.27. The van der Waals surface area contributed by atoms with E-state index in [-0.39, 0.29) is 17.7 Å². The van der Waals surface area contributed by atoms with Crippen LogP contribution >= 0.6 is 0 Å². The summed E-state index contributed by atoms with van der Waals surface area (Å²) < 4.78 is 5.51. The second-order valence-corrected chi connectivity index (χ2v) is 8.44. The SMILES string of the molecule is C[C@]1(CCCCCCC=CC=Cc2ccccc2)C[C@]2(C)OC(=O)C[C@@H]2OO1. The van der Waals surface area contributed by atoms with Crippen LogP contribution in [0.5, 0.6) is 0 Å². The topological polar surface area (TPSA) is 44.8 Å². The van der Waals surface area contributed by atoms with Crippen molar-refractivity contribution in [2.24, 2.45) is 0 Å². The molecule has 2 fully saturated rings. The number of benzene rings is 1. The zero-order valence-electron chi connectivity index (χ0n) is 17.1. The summed E-state index contributed by atoms with van der Waals surface area (Å²) in [6, 6.07) is 10.3. The predicted molar refractivity (Wildman–Crippen MR) is 110 cm³/mol. The monoisotopic (exact) mass is 384 g/mol. The molecule has 0 saturated carbocycles. The van der Waals surface area contributed by atoms with E-state index in [0.29, 0.717) is 12.8 Å². The molecule has 0 N–H and O–H groups in total. The van der Waals surface area contributed by atoms with Gasteiger partial charge in [0.15, 0.2) is 0 Å². The largest absolute Gasteiger partial charge is 0.456 e. The molecule has 2 aliphatic rings. The minimum absolute atomic E-state index is 0.188. The van der Waals surface area contributed by atoms with E-state index < -0.39 is 5.60 Å². The highest BCUT2D eigenvalue weighted by atomic mass is 17.2. The van der Waals surface area contributed by atoms with E-state index in [9.17, 15) is 4.79 Å². The standard InChI is InChI=1S/C24H32O4/c1-23(19-24(2)21(27-28-23)18-22(25)26-24)17-13-8-6-4-3-5-7-10-14-20-15-11-9-12-16-20/h5,7,9-12,14-16,21H,3-4,6,8,13,17-19H2,1-2H3/t21-,23-,24-/m0/s1. The summed E-state index contributed by atoms with van der Waals surface area (Å²) in [6.45, 7) is 4.02. The Morgan fingerprint density at radius 1 is 1.07 bits per heavy atom. The van der Waals surface area contributed by atoms with E-state index in [0.717, 1.165) is 19.3 Å². The Labute approximate surface area is 168 Å². The molecule has 2 heterocycles. The van der Waals surface area contributed by atoms with Gasteiger partial charge in [-0.05, 0) is 38.7 Å². The summed E-state index contributed by atoms with van der Waals surface area (Å²) in [6.07, 6.45) is 16.0. The second-order valence-electron chi connectivity index (χ2n) is 8.44. The fraction of sp³-hybridized carbons (Fsp3) is 0.542. The van der Waals surface area contributed by atoms with Crippen molar-refractivity contribution in [1.29, 1.82) is 0 Å². The number of carbonyl (C=O) groups is 1. The summed E-state index contributed by atoms with van der Waals surface area (Å²) in [5.74, 6) is -0.188. The summed E-state index contributed by atoms with van der Waals surface area (Å²) in [5.41, 5.74) is 0.308. The Morgan fingerprint density at radius 2 is 1.86 bits per heavy atom. The molecule has 3 rings (SSSR count). The van der Waals surface area contributed by atoms with Gasteiger partial charge in [-0.2, -0.15) is 0 Å². The van der Waals surface area contributed by atoms with E-state index in [4.69, 9.17) is 14.5 Å². The number of esters is 1. The van der Waals surface area contributed by atoms with E-state index in [1.54, 1.807) is 0 Å². The highest BCUT2D eigenvalue weighted by molar-refractivity contribution is 5.73. The summed E-state index contributed by atoms with van der Waals surface area (Å²) in [5, 5.41) is 0. The van der Waals surface area contributed by atoms with Crippen molar-refractivity contribution in [2.75, 3.05) is 0 Å². The number of hydrogen-bond donors (Lipinski definition) is 0. The van der Waals surface area contributed by atoms with Crippen molar-refractivity contribution in [2.45, 2.75) is 82.5 Å². The van der Waals surface area contributed by atoms with Gasteiger partial charge in [0.2, 0.25) is 0 Å². The predicted octanol–water partition coefficient (Wildman–Crippen LogP) is 5.78. The quantitative estimate of drug-likeness (QED) is 0.234. The Hall–Kier alpha value is -1.91. The van der Waals surface area contributed by atoms with Gasteiger partial charge in [0.05, 0.1) is 6.42 Å². The van der Waals surface area contributed by atoms with Crippen molar-refractivity contribution in [3.63, 3.8) is 0 Å². The number of carbonyl (C=O) groups excluding carboxylic acids is 1. The normalized spacial score (nSPS) is 30.1. The molecule has 2 saturated heterocycles. The Morgan fingerprint density at radius 3 is 2.68 bits per heavy atom. The van der Waals surface area contributed by atoms with Crippen LogP contribution in [0.2, 0.25) is 0 Å². The molecule has 0 radical (unpaired) electrons. The lowest BCUT2D eigenvalue weighted by Crippen LogP contribution is -2.51. The number of ether oxygens (including phenoxy) is 1. The molecule has 1 aromatic carbocycles. The lowest BCUT2D eigenvalue weighted by atomic mass is 9.82. The maximum absolute atomic E-state index is 11.6. The minimum atomic E-state index is -0.540. The number of unbranched alkanes of at least 4 members (excludes halogenated alkanes) is 4. The van der Waals surface area contributed by atoms with Crippen molar-refractivity contribution in [1.82, 2.24) is 0 Å². The molecule has 4 nitrogen and oxygen atoms in total. The van der Waals surface area contributed by atoms with Crippen LogP contribution in [0.25, 0.3) is 6.08 Å². The summed E-state index contributed by atoms with van der Waals surface area (Å²) in [4.78, 5) is 22.7. The van der Waals surface area contributed by atoms with Gasteiger partial charge in [0.25, 0.3) is 0 Å². The zero-order valence-corrected chi connectivity index (χ0v) is 17.1. The first-order valence-electron chi connectivity index (χ1n) is 10.4. The van der Waals surface area contributed by atoms with E-state index in [1.807, 2.05) is 25.1 Å². The van der Waals surface area contributed by atoms with E-state index in [1.165, 1.54) is 24.8 Å². The Kier molecular flexibility index (Phi) is 7.08. The number of hydrogen-bond acceptors (Lipinski definition) is 4. The zero-order chi connectivity index (χ0) is 19.9. The molecular weight excluding hydrogens is 352 g/mol. The van der Waals surface area contributed by atoms with E-state index in [2.05, 4.69) is 43.4 Å². The minimum Gasteiger partial charge on any atom is -0.456 e. The second kappa shape index (κ2) is 9.53. The third kappa shape index (κ3) is 5.79. The molecule has 4 heteroatoms. The van der Waals surface area contributed by atoms with Gasteiger partial charge < -0.3 is 4.74 Å². The molecule has 0 aliphatic carbocycles. The van der Waals surface area contributed by atoms with Crippen LogP contribution in [0.3, 0.4) is 0 Å². The smallest absolute Gasteiger partial charge is 0.309 e. The van der Waals surface area contributed by atoms with Crippen LogP contribution in [-0.2, 0) is 19.3 Å². The van der Waals surface area contributed by atoms with Crippen LogP contribution in [0.15, 0.2) is 48.6 Å². The highest BCUT2D eigenvalue weighted by Crippen LogP contribution is 2.44. The molecule has 0 bridgehead atoms. The molecule has 0 amide bonds. The summed E-state index contributed by atoms with van der Waals surface area (Å²) >= 11 is 0. The van der Waals surface area contributed by atoms with Crippen molar-refractivity contribution < 1.29 is 19.3 Å². The van der Waals surface area contributed by atoms with Gasteiger partial charge in [-0.25, -0.2) is 9.78 Å². The lowest BCUT2D eigenvalue weighted by Gasteiger charge is -2.43. The molecule has 0 spiro atoms. The van der Waals surface area contributed by atoms with Gasteiger partial charge in [-0.15, -0.1) is 0 Å². The van der Waals surface area contributed by atoms with Crippen LogP contribution in [-0.4, -0.2) is 23.3 Å². The van der Waals surface area contributed by atoms with Crippen LogP contribution in [0.1, 0.15) is 70.8 Å². The molecule has 3 atom stereocenters. The average molecular weight is 385 g/mol. The summed E-state index contributed by atoms with van der Waals surface area (Å²) in [7, 11) is 0. The average Bonchev–Trinajstić information content (AvgIpc) is 2.96. The maximum atomic E-state index is 11.6. The number of allylic oxidation sites excluding steroid dienone is 3. The molecule has 2 aliphatic heterocycles. The first-order chi connectivity index (χ1) is 13.5. The first-order valence-corrected chi connectivity index (χ1v) is 10.4. The fourth-order valence-electron chi connectivity index (χ4n) is 4.12. The van der Waals surface area contributed by atoms with Crippen molar-refractivity contribution >= 4 is 12.0 Å². The van der Waals surface area contributed by atoms with Crippen LogP contribution < -0.4 is 0 Å². The van der Waals surface area contributed by atoms with Gasteiger partial charge in [-0.1, -0.05) is 73.9 Å². The van der Waals surface area contributed by atoms with E-state index >= 15 is 0 Å². The lowest BCUT2D eigenvalue weighted by molar-refractivity contribution is -0.428. The fourth-order valence-corrected chi connectivity index (χ4v) is 4.12. The molecule has 0 unspecified atom stereocenters. The molecule has 152 valence electrons. The van der Waals surface area contributed by atoms with Gasteiger partial charge in [-0.3, -0.25) is 4.79 Å². The molecule has 28 heavy (non-hydrogen) atoms. The molecule has 0 aromatic heterocycles. The number of fused-ring (bicyclic) bond motifs is 1. The van der Waals surface area contributed by atoms with Crippen LogP contribution in [0.4, 0.5) is 0 Å². The number of rotatable bonds is 9. The third-order valence-corrected chi connectivity index (χ3v) is 5.63. The molecule has 1 aromatic rings. The third-order valence-electron chi connectivity index (χ3n) is 5.63. The van der Waals surface area contributed by atoms with Gasteiger partial charge in [0, 0.05) is 6.42 Å².